The Morgan fingerprint density at radius 3 is 2.62 bits per heavy atom. The quantitative estimate of drug-likeness (QED) is 0.789. The second-order valence-electron chi connectivity index (χ2n) is 5.88. The molecule has 1 N–H and O–H groups in total. The van der Waals surface area contributed by atoms with Crippen LogP contribution in [0.2, 0.25) is 0 Å². The number of hydrogen-bond acceptors (Lipinski definition) is 3. The van der Waals surface area contributed by atoms with Crippen molar-refractivity contribution in [1.82, 2.24) is 5.32 Å². The maximum Gasteiger partial charge on any atom is 0.174 e. The molecule has 0 spiro atoms. The summed E-state index contributed by atoms with van der Waals surface area (Å²) in [7, 11) is 0. The molecule has 3 nitrogen and oxygen atoms in total. The highest BCUT2D eigenvalue weighted by Gasteiger charge is 2.07. The lowest BCUT2D eigenvalue weighted by molar-refractivity contribution is 0.367. The number of rotatable bonds is 8. The van der Waals surface area contributed by atoms with E-state index in [1.54, 1.807) is 0 Å². The Balaban J connectivity index is 2.87. The molecule has 3 heteroatoms. The van der Waals surface area contributed by atoms with E-state index < -0.39 is 0 Å². The standard InChI is InChI=1S/C18H26N2O/c1-14(2)12-20-13-17(15(3)4)11-16-7-5-6-8-18(16)21-10-9-19/h5-8,11,14-15,20H,10,12-13H2,1-4H3. The first-order valence-electron chi connectivity index (χ1n) is 7.54. The van der Waals surface area contributed by atoms with Crippen molar-refractivity contribution in [3.05, 3.63) is 35.4 Å². The first kappa shape index (κ1) is 17.3. The van der Waals surface area contributed by atoms with Crippen molar-refractivity contribution in [2.45, 2.75) is 27.7 Å². The van der Waals surface area contributed by atoms with Crippen LogP contribution in [0, 0.1) is 23.2 Å². The van der Waals surface area contributed by atoms with Crippen LogP contribution in [0.3, 0.4) is 0 Å². The van der Waals surface area contributed by atoms with Crippen LogP contribution in [0.5, 0.6) is 5.75 Å². The first-order chi connectivity index (χ1) is 10.0. The summed E-state index contributed by atoms with van der Waals surface area (Å²) >= 11 is 0. The second-order valence-corrected chi connectivity index (χ2v) is 5.88. The SMILES string of the molecule is CC(C)CNCC(=Cc1ccccc1OCC#N)C(C)C. The van der Waals surface area contributed by atoms with E-state index in [1.165, 1.54) is 5.57 Å². The zero-order valence-electron chi connectivity index (χ0n) is 13.5. The van der Waals surface area contributed by atoms with Gasteiger partial charge in [-0.3, -0.25) is 0 Å². The molecule has 0 bridgehead atoms. The molecule has 0 saturated carbocycles. The molecule has 0 fully saturated rings. The smallest absolute Gasteiger partial charge is 0.174 e. The second kappa shape index (κ2) is 9.20. The monoisotopic (exact) mass is 286 g/mol. The van der Waals surface area contributed by atoms with E-state index in [0.717, 1.165) is 24.4 Å². The minimum absolute atomic E-state index is 0.0768. The average molecular weight is 286 g/mol. The highest BCUT2D eigenvalue weighted by molar-refractivity contribution is 5.60. The number of ether oxygens (including phenoxy) is 1. The van der Waals surface area contributed by atoms with E-state index in [4.69, 9.17) is 10.00 Å². The van der Waals surface area contributed by atoms with Gasteiger partial charge in [-0.15, -0.1) is 0 Å². The van der Waals surface area contributed by atoms with Gasteiger partial charge in [0.1, 0.15) is 11.8 Å². The van der Waals surface area contributed by atoms with Crippen LogP contribution >= 0.6 is 0 Å². The lowest BCUT2D eigenvalue weighted by Gasteiger charge is -2.15. The summed E-state index contributed by atoms with van der Waals surface area (Å²) in [5, 5.41) is 12.1. The number of nitrogens with one attached hydrogen (secondary N) is 1. The number of nitriles is 1. The van der Waals surface area contributed by atoms with Gasteiger partial charge in [0.25, 0.3) is 0 Å². The number of hydrogen-bond donors (Lipinski definition) is 1. The maximum atomic E-state index is 8.66. The molecule has 0 radical (unpaired) electrons. The van der Waals surface area contributed by atoms with E-state index in [-0.39, 0.29) is 6.61 Å². The minimum Gasteiger partial charge on any atom is -0.478 e. The lowest BCUT2D eigenvalue weighted by Crippen LogP contribution is -2.23. The predicted octanol–water partition coefficient (Wildman–Crippen LogP) is 3.87. The molecule has 0 atom stereocenters. The van der Waals surface area contributed by atoms with Crippen LogP contribution < -0.4 is 10.1 Å². The number of benzene rings is 1. The Morgan fingerprint density at radius 1 is 1.29 bits per heavy atom. The van der Waals surface area contributed by atoms with Crippen LogP contribution in [0.4, 0.5) is 0 Å². The zero-order valence-corrected chi connectivity index (χ0v) is 13.5. The van der Waals surface area contributed by atoms with Gasteiger partial charge in [0, 0.05) is 12.1 Å². The first-order valence-corrected chi connectivity index (χ1v) is 7.54. The van der Waals surface area contributed by atoms with E-state index in [0.29, 0.717) is 11.8 Å². The van der Waals surface area contributed by atoms with Crippen molar-refractivity contribution < 1.29 is 4.74 Å². The Bertz CT molecular complexity index is 498. The maximum absolute atomic E-state index is 8.66. The van der Waals surface area contributed by atoms with Crippen molar-refractivity contribution in [3.63, 3.8) is 0 Å². The van der Waals surface area contributed by atoms with Gasteiger partial charge in [-0.1, -0.05) is 57.5 Å². The fraction of sp³-hybridized carbons (Fsp3) is 0.500. The third-order valence-corrected chi connectivity index (χ3v) is 3.18. The van der Waals surface area contributed by atoms with Gasteiger partial charge in [-0.05, 0) is 24.4 Å². The van der Waals surface area contributed by atoms with E-state index in [1.807, 2.05) is 30.3 Å². The summed E-state index contributed by atoms with van der Waals surface area (Å²) in [6, 6.07) is 9.86. The van der Waals surface area contributed by atoms with Gasteiger partial charge in [0.15, 0.2) is 6.61 Å². The molecule has 0 aromatic heterocycles. The van der Waals surface area contributed by atoms with E-state index in [9.17, 15) is 0 Å². The molecular weight excluding hydrogens is 260 g/mol. The highest BCUT2D eigenvalue weighted by Crippen LogP contribution is 2.23. The van der Waals surface area contributed by atoms with Gasteiger partial charge in [-0.2, -0.15) is 5.26 Å². The molecule has 0 saturated heterocycles. The molecule has 0 aliphatic heterocycles. The molecule has 0 amide bonds. The van der Waals surface area contributed by atoms with Crippen molar-refractivity contribution in [3.8, 4) is 11.8 Å². The third-order valence-electron chi connectivity index (χ3n) is 3.18. The topological polar surface area (TPSA) is 45.0 Å². The Labute approximate surface area is 128 Å². The summed E-state index contributed by atoms with van der Waals surface area (Å²) in [6.07, 6.45) is 2.17. The minimum atomic E-state index is 0.0768. The van der Waals surface area contributed by atoms with Crippen molar-refractivity contribution in [2.24, 2.45) is 11.8 Å². The van der Waals surface area contributed by atoms with E-state index >= 15 is 0 Å². The van der Waals surface area contributed by atoms with Crippen molar-refractivity contribution in [1.29, 1.82) is 5.26 Å². The molecule has 0 unspecified atom stereocenters. The fourth-order valence-electron chi connectivity index (χ4n) is 1.97. The van der Waals surface area contributed by atoms with Crippen molar-refractivity contribution in [2.75, 3.05) is 19.7 Å². The van der Waals surface area contributed by atoms with Gasteiger partial charge < -0.3 is 10.1 Å². The molecular formula is C18H26N2O. The molecule has 1 aromatic carbocycles. The van der Waals surface area contributed by atoms with Gasteiger partial charge >= 0.3 is 0 Å². The molecule has 1 aromatic rings. The Kier molecular flexibility index (Phi) is 7.56. The van der Waals surface area contributed by atoms with E-state index in [2.05, 4.69) is 39.1 Å². The lowest BCUT2D eigenvalue weighted by atomic mass is 9.99. The summed E-state index contributed by atoms with van der Waals surface area (Å²) in [4.78, 5) is 0. The molecule has 0 aliphatic carbocycles. The fourth-order valence-corrected chi connectivity index (χ4v) is 1.97. The molecule has 21 heavy (non-hydrogen) atoms. The zero-order chi connectivity index (χ0) is 15.7. The third kappa shape index (κ3) is 6.46. The van der Waals surface area contributed by atoms with Crippen molar-refractivity contribution >= 4 is 6.08 Å². The van der Waals surface area contributed by atoms with Crippen LogP contribution in [-0.2, 0) is 0 Å². The average Bonchev–Trinajstić information content (AvgIpc) is 2.44. The highest BCUT2D eigenvalue weighted by atomic mass is 16.5. The van der Waals surface area contributed by atoms with Gasteiger partial charge in [0.2, 0.25) is 0 Å². The molecule has 0 aliphatic rings. The van der Waals surface area contributed by atoms with Gasteiger partial charge in [0.05, 0.1) is 0 Å². The normalized spacial score (nSPS) is 11.8. The molecule has 1 rings (SSSR count). The molecule has 0 heterocycles. The Hall–Kier alpha value is -1.79. The largest absolute Gasteiger partial charge is 0.478 e. The summed E-state index contributed by atoms with van der Waals surface area (Å²) < 4.78 is 5.48. The summed E-state index contributed by atoms with van der Waals surface area (Å²) in [5.41, 5.74) is 2.37. The van der Waals surface area contributed by atoms with Gasteiger partial charge in [-0.25, -0.2) is 0 Å². The Morgan fingerprint density at radius 2 is 2.00 bits per heavy atom. The number of nitrogens with zero attached hydrogens (tertiary/aromatic N) is 1. The molecule has 114 valence electrons. The van der Waals surface area contributed by atoms with Crippen LogP contribution in [0.1, 0.15) is 33.3 Å². The summed E-state index contributed by atoms with van der Waals surface area (Å²) in [6.45, 7) is 10.8. The van der Waals surface area contributed by atoms with Crippen LogP contribution in [0.15, 0.2) is 29.8 Å². The van der Waals surface area contributed by atoms with Crippen LogP contribution in [0.25, 0.3) is 6.08 Å². The van der Waals surface area contributed by atoms with Crippen LogP contribution in [-0.4, -0.2) is 19.7 Å². The summed E-state index contributed by atoms with van der Waals surface area (Å²) in [5.74, 6) is 1.87. The predicted molar refractivity (Wildman–Crippen MR) is 88.1 cm³/mol. The number of para-hydroxylation sites is 1.